The molecule has 0 aliphatic carbocycles. The zero-order chi connectivity index (χ0) is 13.8. The fraction of sp³-hybridized carbons (Fsp3) is 0.167. The van der Waals surface area contributed by atoms with E-state index in [0.717, 1.165) is 5.69 Å². The first-order chi connectivity index (χ1) is 9.06. The third kappa shape index (κ3) is 3.38. The van der Waals surface area contributed by atoms with Crippen molar-refractivity contribution in [1.82, 2.24) is 15.0 Å². The van der Waals surface area contributed by atoms with Crippen molar-refractivity contribution >= 4 is 23.4 Å². The van der Waals surface area contributed by atoms with Gasteiger partial charge in [0, 0.05) is 12.4 Å². The Morgan fingerprint density at radius 2 is 2.26 bits per heavy atom. The number of aromatic carboxylic acids is 1. The first-order valence-corrected chi connectivity index (χ1v) is 5.85. The van der Waals surface area contributed by atoms with Crippen LogP contribution in [-0.2, 0) is 6.54 Å². The van der Waals surface area contributed by atoms with Gasteiger partial charge in [-0.2, -0.15) is 0 Å². The molecule has 2 heterocycles. The molecule has 7 heteroatoms. The number of halogens is 1. The Morgan fingerprint density at radius 3 is 2.95 bits per heavy atom. The summed E-state index contributed by atoms with van der Waals surface area (Å²) in [4.78, 5) is 23.2. The van der Waals surface area contributed by atoms with Gasteiger partial charge in [0.1, 0.15) is 11.6 Å². The summed E-state index contributed by atoms with van der Waals surface area (Å²) in [7, 11) is 0. The largest absolute Gasteiger partial charge is 0.478 e. The molecule has 0 bridgehead atoms. The van der Waals surface area contributed by atoms with E-state index in [1.165, 1.54) is 12.3 Å². The lowest BCUT2D eigenvalue weighted by Crippen LogP contribution is -2.06. The smallest absolute Gasteiger partial charge is 0.337 e. The van der Waals surface area contributed by atoms with E-state index >= 15 is 0 Å². The number of anilines is 1. The lowest BCUT2D eigenvalue weighted by Gasteiger charge is -2.07. The van der Waals surface area contributed by atoms with E-state index in [4.69, 9.17) is 16.7 Å². The van der Waals surface area contributed by atoms with Crippen LogP contribution in [0.15, 0.2) is 24.5 Å². The molecule has 0 aliphatic rings. The van der Waals surface area contributed by atoms with Crippen molar-refractivity contribution < 1.29 is 9.90 Å². The Bertz CT molecular complexity index is 618. The molecule has 0 radical (unpaired) electrons. The maximum atomic E-state index is 10.9. The first kappa shape index (κ1) is 13.2. The lowest BCUT2D eigenvalue weighted by atomic mass is 10.2. The third-order valence-corrected chi connectivity index (χ3v) is 2.67. The number of carboxylic acids is 1. The number of pyridine rings is 1. The van der Waals surface area contributed by atoms with Crippen molar-refractivity contribution in [3.05, 3.63) is 46.6 Å². The van der Waals surface area contributed by atoms with Crippen LogP contribution in [0.2, 0.25) is 5.02 Å². The second-order valence-corrected chi connectivity index (χ2v) is 4.21. The average molecular weight is 279 g/mol. The molecule has 19 heavy (non-hydrogen) atoms. The molecule has 0 aromatic carbocycles. The fourth-order valence-corrected chi connectivity index (χ4v) is 1.67. The number of aryl methyl sites for hydroxylation is 1. The van der Waals surface area contributed by atoms with E-state index in [2.05, 4.69) is 20.3 Å². The van der Waals surface area contributed by atoms with Crippen molar-refractivity contribution in [2.75, 3.05) is 5.32 Å². The molecule has 0 aliphatic heterocycles. The van der Waals surface area contributed by atoms with Crippen LogP contribution < -0.4 is 5.32 Å². The van der Waals surface area contributed by atoms with Gasteiger partial charge in [0.05, 0.1) is 22.8 Å². The molecule has 0 fully saturated rings. The molecule has 98 valence electrons. The van der Waals surface area contributed by atoms with Gasteiger partial charge in [-0.3, -0.25) is 0 Å². The molecule has 2 rings (SSSR count). The molecule has 0 spiro atoms. The number of nitrogens with zero attached hydrogens (tertiary/aromatic N) is 3. The predicted octanol–water partition coefficient (Wildman–Crippen LogP) is 2.14. The summed E-state index contributed by atoms with van der Waals surface area (Å²) in [6, 6.07) is 3.16. The molecular formula is C12H11ClN4O2. The van der Waals surface area contributed by atoms with Gasteiger partial charge in [-0.15, -0.1) is 0 Å². The SMILES string of the molecule is Cc1nccc(CNc2cc(C(=O)O)c(Cl)cn2)n1. The second kappa shape index (κ2) is 5.62. The predicted molar refractivity (Wildman–Crippen MR) is 70.3 cm³/mol. The standard InChI is InChI=1S/C12H11ClN4O2/c1-7-14-3-2-8(17-7)5-15-11-4-9(12(18)19)10(13)6-16-11/h2-4,6H,5H2,1H3,(H,15,16)(H,18,19). The van der Waals surface area contributed by atoms with E-state index in [9.17, 15) is 4.79 Å². The van der Waals surface area contributed by atoms with Crippen LogP contribution in [-0.4, -0.2) is 26.0 Å². The van der Waals surface area contributed by atoms with Gasteiger partial charge >= 0.3 is 5.97 Å². The van der Waals surface area contributed by atoms with Crippen molar-refractivity contribution in [3.63, 3.8) is 0 Å². The summed E-state index contributed by atoms with van der Waals surface area (Å²) in [5, 5.41) is 12.0. The molecule has 0 atom stereocenters. The number of rotatable bonds is 4. The molecule has 2 aromatic heterocycles. The quantitative estimate of drug-likeness (QED) is 0.891. The molecule has 6 nitrogen and oxygen atoms in total. The lowest BCUT2D eigenvalue weighted by molar-refractivity contribution is 0.0697. The Kier molecular flexibility index (Phi) is 3.91. The van der Waals surface area contributed by atoms with Gasteiger partial charge in [0.25, 0.3) is 0 Å². The molecular weight excluding hydrogens is 268 g/mol. The van der Waals surface area contributed by atoms with Crippen LogP contribution >= 0.6 is 11.6 Å². The maximum Gasteiger partial charge on any atom is 0.337 e. The summed E-state index contributed by atoms with van der Waals surface area (Å²) in [5.74, 6) is 0.0148. The van der Waals surface area contributed by atoms with Gasteiger partial charge in [-0.25, -0.2) is 19.7 Å². The second-order valence-electron chi connectivity index (χ2n) is 3.80. The zero-order valence-electron chi connectivity index (χ0n) is 10.1. The van der Waals surface area contributed by atoms with Crippen LogP contribution in [0.25, 0.3) is 0 Å². The average Bonchev–Trinajstić information content (AvgIpc) is 2.37. The topological polar surface area (TPSA) is 88.0 Å². The minimum atomic E-state index is -1.09. The number of hydrogen-bond acceptors (Lipinski definition) is 5. The molecule has 0 unspecified atom stereocenters. The van der Waals surface area contributed by atoms with Crippen LogP contribution in [0.3, 0.4) is 0 Å². The van der Waals surface area contributed by atoms with Gasteiger partial charge < -0.3 is 10.4 Å². The number of carbonyl (C=O) groups is 1. The Hall–Kier alpha value is -2.21. The minimum absolute atomic E-state index is 0.0121. The van der Waals surface area contributed by atoms with Crippen LogP contribution in [0, 0.1) is 6.92 Å². The van der Waals surface area contributed by atoms with Crippen LogP contribution in [0.5, 0.6) is 0 Å². The zero-order valence-corrected chi connectivity index (χ0v) is 10.8. The summed E-state index contributed by atoms with van der Waals surface area (Å²) in [5.41, 5.74) is 0.805. The Morgan fingerprint density at radius 1 is 1.47 bits per heavy atom. The monoisotopic (exact) mass is 278 g/mol. The van der Waals surface area contributed by atoms with Crippen molar-refractivity contribution in [2.24, 2.45) is 0 Å². The number of aromatic nitrogens is 3. The van der Waals surface area contributed by atoms with Crippen LogP contribution in [0.4, 0.5) is 5.82 Å². The highest BCUT2D eigenvalue weighted by Gasteiger charge is 2.10. The summed E-state index contributed by atoms with van der Waals surface area (Å²) in [6.07, 6.45) is 2.97. The van der Waals surface area contributed by atoms with Crippen LogP contribution in [0.1, 0.15) is 21.9 Å². The highest BCUT2D eigenvalue weighted by atomic mass is 35.5. The van der Waals surface area contributed by atoms with Crippen molar-refractivity contribution in [1.29, 1.82) is 0 Å². The summed E-state index contributed by atoms with van der Waals surface area (Å²) < 4.78 is 0. The molecule has 0 amide bonds. The van der Waals surface area contributed by atoms with Gasteiger partial charge in [-0.05, 0) is 19.1 Å². The van der Waals surface area contributed by atoms with Gasteiger partial charge in [0.15, 0.2) is 0 Å². The molecule has 0 saturated carbocycles. The number of carboxylic acid groups (broad SMARTS) is 1. The van der Waals surface area contributed by atoms with E-state index in [1.807, 2.05) is 0 Å². The normalized spacial score (nSPS) is 10.2. The van der Waals surface area contributed by atoms with E-state index in [0.29, 0.717) is 18.2 Å². The van der Waals surface area contributed by atoms with E-state index in [1.54, 1.807) is 19.2 Å². The molecule has 2 aromatic rings. The van der Waals surface area contributed by atoms with Crippen molar-refractivity contribution in [2.45, 2.75) is 13.5 Å². The number of nitrogens with one attached hydrogen (secondary N) is 1. The molecule has 0 saturated heterocycles. The first-order valence-electron chi connectivity index (χ1n) is 5.47. The van der Waals surface area contributed by atoms with Gasteiger partial charge in [-0.1, -0.05) is 11.6 Å². The maximum absolute atomic E-state index is 10.9. The summed E-state index contributed by atoms with van der Waals surface area (Å²) >= 11 is 5.74. The molecule has 2 N–H and O–H groups in total. The van der Waals surface area contributed by atoms with E-state index < -0.39 is 5.97 Å². The van der Waals surface area contributed by atoms with Crippen molar-refractivity contribution in [3.8, 4) is 0 Å². The number of hydrogen-bond donors (Lipinski definition) is 2. The minimum Gasteiger partial charge on any atom is -0.478 e. The van der Waals surface area contributed by atoms with E-state index in [-0.39, 0.29) is 10.6 Å². The summed E-state index contributed by atoms with van der Waals surface area (Å²) in [6.45, 7) is 2.23. The Labute approximate surface area is 114 Å². The highest BCUT2D eigenvalue weighted by molar-refractivity contribution is 6.33. The highest BCUT2D eigenvalue weighted by Crippen LogP contribution is 2.18. The fourth-order valence-electron chi connectivity index (χ4n) is 1.48. The third-order valence-electron chi connectivity index (χ3n) is 2.37. The van der Waals surface area contributed by atoms with Gasteiger partial charge in [0.2, 0.25) is 0 Å². The Balaban J connectivity index is 2.12.